The molecule has 0 aromatic heterocycles. The van der Waals surface area contributed by atoms with Gasteiger partial charge in [0.25, 0.3) is 0 Å². The highest BCUT2D eigenvalue weighted by Gasteiger charge is 2.19. The van der Waals surface area contributed by atoms with Crippen LogP contribution >= 0.6 is 0 Å². The van der Waals surface area contributed by atoms with E-state index < -0.39 is 0 Å². The van der Waals surface area contributed by atoms with Crippen molar-refractivity contribution in [3.8, 4) is 0 Å². The molecule has 0 aliphatic rings. The van der Waals surface area contributed by atoms with E-state index in [2.05, 4.69) is 20.1 Å². The first kappa shape index (κ1) is 20.8. The molecule has 0 saturated heterocycles. The SMILES string of the molecule is CNC(C(=O)OC)=C(C)C.CNC(C(=O)OC)C(C)C.[HH]. The Bertz CT molecular complexity index is 340. The minimum atomic E-state index is -0.317. The molecular weight excluding hydrogens is 260 g/mol. The fraction of sp³-hybridized carbons (Fsp3) is 0.714. The first-order valence-corrected chi connectivity index (χ1v) is 6.45. The number of esters is 2. The summed E-state index contributed by atoms with van der Waals surface area (Å²) in [6.45, 7) is 7.64. The molecule has 0 fully saturated rings. The molecule has 20 heavy (non-hydrogen) atoms. The monoisotopic (exact) mass is 290 g/mol. The summed E-state index contributed by atoms with van der Waals surface area (Å²) < 4.78 is 9.07. The molecule has 1 unspecified atom stereocenters. The number of allylic oxidation sites excluding steroid dienone is 1. The summed E-state index contributed by atoms with van der Waals surface area (Å²) in [6.07, 6.45) is 0. The summed E-state index contributed by atoms with van der Waals surface area (Å²) in [5.41, 5.74) is 1.46. The lowest BCUT2D eigenvalue weighted by Gasteiger charge is -2.16. The number of hydrogen-bond donors (Lipinski definition) is 2. The summed E-state index contributed by atoms with van der Waals surface area (Å²) in [5.74, 6) is -0.238. The predicted molar refractivity (Wildman–Crippen MR) is 81.3 cm³/mol. The second-order valence-corrected chi connectivity index (χ2v) is 4.65. The molecule has 0 saturated carbocycles. The molecule has 120 valence electrons. The zero-order valence-electron chi connectivity index (χ0n) is 13.8. The maximum absolute atomic E-state index is 10.9. The van der Waals surface area contributed by atoms with Crippen LogP contribution in [0.15, 0.2) is 11.3 Å². The Morgan fingerprint density at radius 2 is 1.55 bits per heavy atom. The van der Waals surface area contributed by atoms with Crippen molar-refractivity contribution in [2.75, 3.05) is 28.3 Å². The molecule has 1 atom stereocenters. The molecule has 0 amide bonds. The van der Waals surface area contributed by atoms with E-state index in [1.165, 1.54) is 14.2 Å². The van der Waals surface area contributed by atoms with Gasteiger partial charge in [0.05, 0.1) is 14.2 Å². The van der Waals surface area contributed by atoms with Crippen LogP contribution in [0.3, 0.4) is 0 Å². The van der Waals surface area contributed by atoms with E-state index in [0.29, 0.717) is 5.70 Å². The summed E-state index contributed by atoms with van der Waals surface area (Å²) in [7, 11) is 6.21. The second kappa shape index (κ2) is 11.3. The molecule has 0 aromatic carbocycles. The van der Waals surface area contributed by atoms with Gasteiger partial charge in [-0.1, -0.05) is 13.8 Å². The number of methoxy groups -OCH3 is 2. The Morgan fingerprint density at radius 3 is 1.65 bits per heavy atom. The van der Waals surface area contributed by atoms with Crippen LogP contribution in [-0.2, 0) is 19.1 Å². The van der Waals surface area contributed by atoms with Crippen molar-refractivity contribution in [3.05, 3.63) is 11.3 Å². The fourth-order valence-corrected chi connectivity index (χ4v) is 1.51. The summed E-state index contributed by atoms with van der Waals surface area (Å²) >= 11 is 0. The molecule has 2 N–H and O–H groups in total. The number of hydrogen-bond acceptors (Lipinski definition) is 6. The van der Waals surface area contributed by atoms with Gasteiger partial charge in [0.15, 0.2) is 0 Å². The Labute approximate surface area is 123 Å². The summed E-state index contributed by atoms with van der Waals surface area (Å²) in [6, 6.07) is -0.176. The molecule has 6 heteroatoms. The lowest BCUT2D eigenvalue weighted by molar-refractivity contribution is -0.144. The van der Waals surface area contributed by atoms with Crippen LogP contribution < -0.4 is 10.6 Å². The van der Waals surface area contributed by atoms with Gasteiger partial charge in [-0.25, -0.2) is 4.79 Å². The van der Waals surface area contributed by atoms with E-state index >= 15 is 0 Å². The molecule has 0 heterocycles. The van der Waals surface area contributed by atoms with Crippen molar-refractivity contribution in [1.29, 1.82) is 0 Å². The second-order valence-electron chi connectivity index (χ2n) is 4.65. The van der Waals surface area contributed by atoms with E-state index in [-0.39, 0.29) is 25.3 Å². The Morgan fingerprint density at radius 1 is 1.05 bits per heavy atom. The van der Waals surface area contributed by atoms with E-state index in [9.17, 15) is 9.59 Å². The third-order valence-corrected chi connectivity index (χ3v) is 2.57. The van der Waals surface area contributed by atoms with Crippen molar-refractivity contribution in [2.45, 2.75) is 33.7 Å². The van der Waals surface area contributed by atoms with Crippen LogP contribution in [0, 0.1) is 5.92 Å². The Kier molecular flexibility index (Phi) is 11.7. The molecule has 0 rings (SSSR count). The number of nitrogens with one attached hydrogen (secondary N) is 2. The third-order valence-electron chi connectivity index (χ3n) is 2.57. The molecule has 6 nitrogen and oxygen atoms in total. The maximum Gasteiger partial charge on any atom is 0.354 e. The van der Waals surface area contributed by atoms with Crippen molar-refractivity contribution >= 4 is 11.9 Å². The minimum Gasteiger partial charge on any atom is -0.468 e. The van der Waals surface area contributed by atoms with Gasteiger partial charge < -0.3 is 20.1 Å². The highest BCUT2D eigenvalue weighted by molar-refractivity contribution is 5.88. The van der Waals surface area contributed by atoms with E-state index in [1.54, 1.807) is 14.1 Å². The van der Waals surface area contributed by atoms with Crippen LogP contribution in [0.1, 0.15) is 29.1 Å². The van der Waals surface area contributed by atoms with Gasteiger partial charge in [-0.05, 0) is 32.4 Å². The minimum absolute atomic E-state index is 0. The summed E-state index contributed by atoms with van der Waals surface area (Å²) in [4.78, 5) is 21.7. The van der Waals surface area contributed by atoms with Crippen molar-refractivity contribution in [1.82, 2.24) is 10.6 Å². The zero-order valence-corrected chi connectivity index (χ0v) is 13.8. The van der Waals surface area contributed by atoms with Gasteiger partial charge >= 0.3 is 11.9 Å². The van der Waals surface area contributed by atoms with Crippen LogP contribution in [0.4, 0.5) is 0 Å². The maximum atomic E-state index is 10.9. The Balaban J connectivity index is -0.000000295. The van der Waals surface area contributed by atoms with Gasteiger partial charge in [-0.2, -0.15) is 0 Å². The van der Waals surface area contributed by atoms with Gasteiger partial charge in [0, 0.05) is 8.47 Å². The van der Waals surface area contributed by atoms with Crippen LogP contribution in [-0.4, -0.2) is 46.3 Å². The molecular formula is C14H30N2O4. The first-order valence-electron chi connectivity index (χ1n) is 6.45. The lowest BCUT2D eigenvalue weighted by Crippen LogP contribution is -2.39. The largest absolute Gasteiger partial charge is 0.468 e. The molecule has 0 bridgehead atoms. The number of rotatable bonds is 5. The van der Waals surface area contributed by atoms with Gasteiger partial charge in [-0.3, -0.25) is 4.79 Å². The van der Waals surface area contributed by atoms with Gasteiger partial charge in [-0.15, -0.1) is 0 Å². The highest BCUT2D eigenvalue weighted by atomic mass is 16.5. The molecule has 0 aliphatic heterocycles. The normalized spacial score (nSPS) is 10.8. The van der Waals surface area contributed by atoms with E-state index in [0.717, 1.165) is 5.57 Å². The lowest BCUT2D eigenvalue weighted by atomic mass is 10.1. The van der Waals surface area contributed by atoms with Gasteiger partial charge in [0.2, 0.25) is 0 Å². The first-order chi connectivity index (χ1) is 9.26. The van der Waals surface area contributed by atoms with Crippen LogP contribution in [0.2, 0.25) is 0 Å². The smallest absolute Gasteiger partial charge is 0.354 e. The molecule has 0 radical (unpaired) electrons. The van der Waals surface area contributed by atoms with Crippen molar-refractivity contribution < 1.29 is 20.5 Å². The molecule has 0 aliphatic carbocycles. The van der Waals surface area contributed by atoms with Crippen LogP contribution in [0.25, 0.3) is 0 Å². The highest BCUT2D eigenvalue weighted by Crippen LogP contribution is 2.01. The Hall–Kier alpha value is -1.56. The van der Waals surface area contributed by atoms with Crippen molar-refractivity contribution in [3.63, 3.8) is 0 Å². The number of ether oxygens (including phenoxy) is 2. The number of carbonyl (C=O) groups is 2. The average Bonchev–Trinajstić information content (AvgIpc) is 2.39. The predicted octanol–water partition coefficient (Wildman–Crippen LogP) is 1.32. The zero-order chi connectivity index (χ0) is 16.3. The topological polar surface area (TPSA) is 76.7 Å². The molecule has 0 aromatic rings. The quantitative estimate of drug-likeness (QED) is 0.587. The standard InChI is InChI=1S/C7H15NO2.C7H13NO2.H2/c2*1-5(2)6(8-3)7(9)10-4;/h5-6,8H,1-4H3;8H,1-4H3;1H. The van der Waals surface area contributed by atoms with E-state index in [4.69, 9.17) is 0 Å². The van der Waals surface area contributed by atoms with Gasteiger partial charge in [0.1, 0.15) is 11.7 Å². The average molecular weight is 290 g/mol. The number of carbonyl (C=O) groups excluding carboxylic acids is 2. The summed E-state index contributed by atoms with van der Waals surface area (Å²) in [5, 5.41) is 5.63. The van der Waals surface area contributed by atoms with E-state index in [1.807, 2.05) is 27.7 Å². The van der Waals surface area contributed by atoms with Crippen molar-refractivity contribution in [2.24, 2.45) is 5.92 Å². The third kappa shape index (κ3) is 7.78. The number of likely N-dealkylation sites (N-methyl/N-ethyl adjacent to an activating group) is 2. The fourth-order valence-electron chi connectivity index (χ4n) is 1.51. The molecule has 0 spiro atoms. The van der Waals surface area contributed by atoms with Crippen LogP contribution in [0.5, 0.6) is 0 Å².